The second-order valence-corrected chi connectivity index (χ2v) is 3.41. The number of para-hydroxylation sites is 1. The minimum atomic E-state index is 0.0452. The standard InChI is InChI=1S/C11H13N3O/c1-8(14-9-6-12-13-7-9)10-4-2-3-5-11(10)15/h2-8,14-15H,1H3,(H,12,13). The largest absolute Gasteiger partial charge is 0.508 e. The van der Waals surface area contributed by atoms with Crippen molar-refractivity contribution in [2.75, 3.05) is 5.32 Å². The highest BCUT2D eigenvalue weighted by Crippen LogP contribution is 2.25. The molecule has 0 saturated carbocycles. The van der Waals surface area contributed by atoms with Crippen LogP contribution in [0.3, 0.4) is 0 Å². The van der Waals surface area contributed by atoms with Crippen LogP contribution in [0.5, 0.6) is 5.75 Å². The third kappa shape index (κ3) is 2.10. The Morgan fingerprint density at radius 2 is 2.20 bits per heavy atom. The molecule has 4 nitrogen and oxygen atoms in total. The predicted octanol–water partition coefficient (Wildman–Crippen LogP) is 2.29. The minimum absolute atomic E-state index is 0.0452. The van der Waals surface area contributed by atoms with Gasteiger partial charge in [0, 0.05) is 11.8 Å². The highest BCUT2D eigenvalue weighted by Gasteiger charge is 2.09. The van der Waals surface area contributed by atoms with Gasteiger partial charge >= 0.3 is 0 Å². The van der Waals surface area contributed by atoms with Crippen LogP contribution >= 0.6 is 0 Å². The number of aromatic amines is 1. The van der Waals surface area contributed by atoms with Crippen LogP contribution in [0.15, 0.2) is 36.7 Å². The van der Waals surface area contributed by atoms with E-state index in [1.807, 2.05) is 25.1 Å². The summed E-state index contributed by atoms with van der Waals surface area (Å²) < 4.78 is 0. The smallest absolute Gasteiger partial charge is 0.120 e. The number of aromatic nitrogens is 2. The van der Waals surface area contributed by atoms with Crippen LogP contribution in [0.25, 0.3) is 0 Å². The predicted molar refractivity (Wildman–Crippen MR) is 58.7 cm³/mol. The Balaban J connectivity index is 2.15. The van der Waals surface area contributed by atoms with Gasteiger partial charge in [0.05, 0.1) is 17.9 Å². The normalized spacial score (nSPS) is 12.3. The third-order valence-electron chi connectivity index (χ3n) is 2.28. The van der Waals surface area contributed by atoms with Crippen molar-refractivity contribution in [3.8, 4) is 5.75 Å². The number of hydrogen-bond acceptors (Lipinski definition) is 3. The fraction of sp³-hybridized carbons (Fsp3) is 0.182. The van der Waals surface area contributed by atoms with Gasteiger partial charge in [0.1, 0.15) is 5.75 Å². The molecular formula is C11H13N3O. The molecule has 1 atom stereocenters. The van der Waals surface area contributed by atoms with Crippen molar-refractivity contribution >= 4 is 5.69 Å². The van der Waals surface area contributed by atoms with Gasteiger partial charge in [-0.3, -0.25) is 5.10 Å². The molecule has 1 aromatic heterocycles. The van der Waals surface area contributed by atoms with E-state index in [1.165, 1.54) is 0 Å². The van der Waals surface area contributed by atoms with Crippen LogP contribution in [-0.2, 0) is 0 Å². The first-order chi connectivity index (χ1) is 7.27. The molecule has 1 aromatic carbocycles. The molecule has 1 heterocycles. The van der Waals surface area contributed by atoms with Gasteiger partial charge in [-0.2, -0.15) is 5.10 Å². The highest BCUT2D eigenvalue weighted by atomic mass is 16.3. The maximum atomic E-state index is 9.65. The van der Waals surface area contributed by atoms with E-state index in [2.05, 4.69) is 15.5 Å². The Kier molecular flexibility index (Phi) is 2.58. The van der Waals surface area contributed by atoms with Gasteiger partial charge in [0.2, 0.25) is 0 Å². The Labute approximate surface area is 88.0 Å². The summed E-state index contributed by atoms with van der Waals surface area (Å²) in [6.07, 6.45) is 3.48. The SMILES string of the molecule is CC(Nc1cn[nH]c1)c1ccccc1O. The van der Waals surface area contributed by atoms with E-state index in [1.54, 1.807) is 18.5 Å². The molecule has 0 aliphatic heterocycles. The molecule has 0 radical (unpaired) electrons. The molecule has 0 fully saturated rings. The third-order valence-corrected chi connectivity index (χ3v) is 2.28. The lowest BCUT2D eigenvalue weighted by Crippen LogP contribution is -2.05. The summed E-state index contributed by atoms with van der Waals surface area (Å²) in [4.78, 5) is 0. The van der Waals surface area contributed by atoms with Gasteiger partial charge < -0.3 is 10.4 Å². The van der Waals surface area contributed by atoms with Crippen molar-refractivity contribution in [2.24, 2.45) is 0 Å². The minimum Gasteiger partial charge on any atom is -0.508 e. The first-order valence-corrected chi connectivity index (χ1v) is 4.80. The van der Waals surface area contributed by atoms with Gasteiger partial charge in [0.15, 0.2) is 0 Å². The number of nitrogens with zero attached hydrogens (tertiary/aromatic N) is 1. The zero-order chi connectivity index (χ0) is 10.7. The average molecular weight is 203 g/mol. The summed E-state index contributed by atoms with van der Waals surface area (Å²) in [6.45, 7) is 1.99. The fourth-order valence-corrected chi connectivity index (χ4v) is 1.51. The number of phenols is 1. The van der Waals surface area contributed by atoms with Gasteiger partial charge in [-0.05, 0) is 13.0 Å². The lowest BCUT2D eigenvalue weighted by atomic mass is 10.1. The van der Waals surface area contributed by atoms with Gasteiger partial charge in [-0.15, -0.1) is 0 Å². The summed E-state index contributed by atoms with van der Waals surface area (Å²) in [7, 11) is 0. The number of phenolic OH excluding ortho intramolecular Hbond substituents is 1. The summed E-state index contributed by atoms with van der Waals surface area (Å²) in [6, 6.07) is 7.34. The average Bonchev–Trinajstić information content (AvgIpc) is 2.71. The van der Waals surface area contributed by atoms with Crippen LogP contribution in [0, 0.1) is 0 Å². The fourth-order valence-electron chi connectivity index (χ4n) is 1.51. The van der Waals surface area contributed by atoms with E-state index in [4.69, 9.17) is 0 Å². The molecule has 0 aliphatic rings. The van der Waals surface area contributed by atoms with Gasteiger partial charge in [-0.25, -0.2) is 0 Å². The van der Waals surface area contributed by atoms with Crippen molar-refractivity contribution in [3.63, 3.8) is 0 Å². The summed E-state index contributed by atoms with van der Waals surface area (Å²) in [5.74, 6) is 0.306. The topological polar surface area (TPSA) is 60.9 Å². The molecular weight excluding hydrogens is 190 g/mol. The number of hydrogen-bond donors (Lipinski definition) is 3. The van der Waals surface area contributed by atoms with Crippen LogP contribution in [-0.4, -0.2) is 15.3 Å². The molecule has 4 heteroatoms. The lowest BCUT2D eigenvalue weighted by molar-refractivity contribution is 0.465. The molecule has 0 spiro atoms. The lowest BCUT2D eigenvalue weighted by Gasteiger charge is -2.14. The van der Waals surface area contributed by atoms with Crippen LogP contribution < -0.4 is 5.32 Å². The Hall–Kier alpha value is -1.97. The molecule has 2 aromatic rings. The zero-order valence-corrected chi connectivity index (χ0v) is 8.44. The van der Waals surface area contributed by atoms with Crippen molar-refractivity contribution in [1.29, 1.82) is 0 Å². The van der Waals surface area contributed by atoms with E-state index in [0.29, 0.717) is 5.75 Å². The Morgan fingerprint density at radius 3 is 2.87 bits per heavy atom. The number of anilines is 1. The van der Waals surface area contributed by atoms with E-state index in [0.717, 1.165) is 11.3 Å². The summed E-state index contributed by atoms with van der Waals surface area (Å²) in [5.41, 5.74) is 1.78. The number of H-pyrrole nitrogens is 1. The second kappa shape index (κ2) is 4.04. The molecule has 15 heavy (non-hydrogen) atoms. The van der Waals surface area contributed by atoms with Crippen molar-refractivity contribution in [1.82, 2.24) is 10.2 Å². The Bertz CT molecular complexity index is 425. The van der Waals surface area contributed by atoms with Crippen LogP contribution in [0.2, 0.25) is 0 Å². The van der Waals surface area contributed by atoms with Crippen molar-refractivity contribution in [2.45, 2.75) is 13.0 Å². The molecule has 3 N–H and O–H groups in total. The summed E-state index contributed by atoms with van der Waals surface area (Å²) in [5, 5.41) is 19.4. The Morgan fingerprint density at radius 1 is 1.40 bits per heavy atom. The molecule has 0 amide bonds. The maximum absolute atomic E-state index is 9.65. The molecule has 78 valence electrons. The molecule has 1 unspecified atom stereocenters. The monoisotopic (exact) mass is 203 g/mol. The second-order valence-electron chi connectivity index (χ2n) is 3.41. The van der Waals surface area contributed by atoms with E-state index >= 15 is 0 Å². The first kappa shape index (κ1) is 9.58. The first-order valence-electron chi connectivity index (χ1n) is 4.80. The van der Waals surface area contributed by atoms with E-state index < -0.39 is 0 Å². The molecule has 0 aliphatic carbocycles. The quantitative estimate of drug-likeness (QED) is 0.717. The number of aromatic hydroxyl groups is 1. The van der Waals surface area contributed by atoms with Crippen molar-refractivity contribution < 1.29 is 5.11 Å². The number of rotatable bonds is 3. The molecule has 0 saturated heterocycles. The van der Waals surface area contributed by atoms with Crippen LogP contribution in [0.4, 0.5) is 5.69 Å². The van der Waals surface area contributed by atoms with Crippen molar-refractivity contribution in [3.05, 3.63) is 42.2 Å². The summed E-state index contributed by atoms with van der Waals surface area (Å²) >= 11 is 0. The van der Waals surface area contributed by atoms with E-state index in [9.17, 15) is 5.11 Å². The zero-order valence-electron chi connectivity index (χ0n) is 8.44. The van der Waals surface area contributed by atoms with Crippen LogP contribution in [0.1, 0.15) is 18.5 Å². The number of nitrogens with one attached hydrogen (secondary N) is 2. The van der Waals surface area contributed by atoms with Gasteiger partial charge in [-0.1, -0.05) is 18.2 Å². The number of benzene rings is 1. The maximum Gasteiger partial charge on any atom is 0.120 e. The van der Waals surface area contributed by atoms with Gasteiger partial charge in [0.25, 0.3) is 0 Å². The highest BCUT2D eigenvalue weighted by molar-refractivity contribution is 5.44. The molecule has 2 rings (SSSR count). The van der Waals surface area contributed by atoms with E-state index in [-0.39, 0.29) is 6.04 Å². The molecule has 0 bridgehead atoms.